The summed E-state index contributed by atoms with van der Waals surface area (Å²) in [5.74, 6) is -0.0509. The predicted molar refractivity (Wildman–Crippen MR) is 158 cm³/mol. The van der Waals surface area contributed by atoms with Crippen LogP contribution in [0.15, 0.2) is 72.5 Å². The highest BCUT2D eigenvalue weighted by atomic mass is 31.2. The first-order valence-electron chi connectivity index (χ1n) is 13.5. The number of ether oxygens (including phenoxy) is 3. The van der Waals surface area contributed by atoms with Crippen LogP contribution in [-0.4, -0.2) is 91.8 Å². The maximum absolute atomic E-state index is 14.4. The fourth-order valence-corrected chi connectivity index (χ4v) is 5.92. The van der Waals surface area contributed by atoms with Crippen molar-refractivity contribution in [1.29, 1.82) is 0 Å². The van der Waals surface area contributed by atoms with Gasteiger partial charge in [-0.15, -0.1) is 0 Å². The van der Waals surface area contributed by atoms with E-state index in [1.807, 2.05) is 62.7 Å². The molecule has 1 aromatic heterocycles. The zero-order valence-corrected chi connectivity index (χ0v) is 25.5. The van der Waals surface area contributed by atoms with Crippen molar-refractivity contribution in [3.8, 4) is 5.75 Å². The molecule has 2 aliphatic rings. The number of methoxy groups -OCH3 is 1. The molecule has 2 unspecified atom stereocenters. The standard InChI is InChI=1S/C29H39N4O8P/c1-30(2)15-12-22-19-33(27-16-25(37-5)10-11-26(22)27)42(36,40-20-38-28(34)23-8-6-13-31(3)17-23)41-21-39-29(35)24-9-7-14-32(4)18-24/h6-7,10-11,13-14,16-19,28,34H,8-9,12,15,20-21H2,1-5H3. The Bertz CT molecular complexity index is 1430. The number of hydrogen-bond donors (Lipinski definition) is 1. The van der Waals surface area contributed by atoms with Crippen LogP contribution in [0.4, 0.5) is 0 Å². The van der Waals surface area contributed by atoms with Crippen molar-refractivity contribution in [3.63, 3.8) is 0 Å². The number of fused-ring (bicyclic) bond motifs is 1. The van der Waals surface area contributed by atoms with Crippen LogP contribution in [-0.2, 0) is 34.3 Å². The molecule has 0 bridgehead atoms. The Morgan fingerprint density at radius 3 is 2.48 bits per heavy atom. The van der Waals surface area contributed by atoms with E-state index in [1.54, 1.807) is 48.6 Å². The van der Waals surface area contributed by atoms with Crippen molar-refractivity contribution in [2.24, 2.45) is 0 Å². The molecular formula is C29H39N4O8P. The first-order chi connectivity index (χ1) is 20.1. The van der Waals surface area contributed by atoms with Gasteiger partial charge in [0.1, 0.15) is 5.75 Å². The van der Waals surface area contributed by atoms with Gasteiger partial charge in [-0.3, -0.25) is 13.4 Å². The average molecular weight is 603 g/mol. The number of carbonyl (C=O) groups excluding carboxylic acids is 1. The Hall–Kier alpha value is -3.38. The first-order valence-corrected chi connectivity index (χ1v) is 15.0. The van der Waals surface area contributed by atoms with E-state index in [0.717, 1.165) is 17.5 Å². The summed E-state index contributed by atoms with van der Waals surface area (Å²) in [6, 6.07) is 5.45. The van der Waals surface area contributed by atoms with E-state index in [-0.39, 0.29) is 0 Å². The van der Waals surface area contributed by atoms with Crippen molar-refractivity contribution in [3.05, 3.63) is 78.1 Å². The fourth-order valence-electron chi connectivity index (χ4n) is 4.50. The number of aliphatic hydroxyl groups is 1. The maximum atomic E-state index is 14.4. The van der Waals surface area contributed by atoms with Gasteiger partial charge in [0, 0.05) is 62.7 Å². The lowest BCUT2D eigenvalue weighted by Gasteiger charge is -2.23. The number of carbonyl (C=O) groups is 1. The van der Waals surface area contributed by atoms with E-state index in [2.05, 4.69) is 0 Å². The Morgan fingerprint density at radius 2 is 1.79 bits per heavy atom. The van der Waals surface area contributed by atoms with Gasteiger partial charge in [-0.25, -0.2) is 9.36 Å². The molecule has 2 aliphatic heterocycles. The maximum Gasteiger partial charge on any atom is 0.444 e. The summed E-state index contributed by atoms with van der Waals surface area (Å²) in [5.41, 5.74) is 2.49. The van der Waals surface area contributed by atoms with Crippen LogP contribution < -0.4 is 4.74 Å². The number of hydrogen-bond acceptors (Lipinski definition) is 11. The van der Waals surface area contributed by atoms with Crippen LogP contribution in [0.25, 0.3) is 10.9 Å². The molecule has 42 heavy (non-hydrogen) atoms. The van der Waals surface area contributed by atoms with Crippen molar-refractivity contribution in [2.75, 3.05) is 55.4 Å². The molecule has 2 atom stereocenters. The molecule has 0 fully saturated rings. The van der Waals surface area contributed by atoms with Crippen LogP contribution in [0.2, 0.25) is 0 Å². The molecule has 0 amide bonds. The number of likely N-dealkylation sites (N-methyl/N-ethyl adjacent to an activating group) is 1. The molecule has 1 aromatic carbocycles. The van der Waals surface area contributed by atoms with Gasteiger partial charge in [0.15, 0.2) is 13.1 Å². The van der Waals surface area contributed by atoms with E-state index in [9.17, 15) is 14.5 Å². The molecule has 0 spiro atoms. The Morgan fingerprint density at radius 1 is 1.07 bits per heavy atom. The lowest BCUT2D eigenvalue weighted by atomic mass is 10.1. The molecule has 4 rings (SSSR count). The Balaban J connectivity index is 1.59. The summed E-state index contributed by atoms with van der Waals surface area (Å²) < 4.78 is 43.6. The quantitative estimate of drug-likeness (QED) is 0.192. The van der Waals surface area contributed by atoms with E-state index < -0.39 is 33.6 Å². The van der Waals surface area contributed by atoms with Crippen LogP contribution in [0.3, 0.4) is 0 Å². The van der Waals surface area contributed by atoms with Gasteiger partial charge in [-0.1, -0.05) is 12.2 Å². The average Bonchev–Trinajstić information content (AvgIpc) is 3.34. The summed E-state index contributed by atoms with van der Waals surface area (Å²) >= 11 is 0. The minimum atomic E-state index is -4.24. The zero-order chi connectivity index (χ0) is 30.3. The third-order valence-electron chi connectivity index (χ3n) is 6.70. The summed E-state index contributed by atoms with van der Waals surface area (Å²) in [5, 5.41) is 11.4. The number of nitrogens with zero attached hydrogens (tertiary/aromatic N) is 4. The van der Waals surface area contributed by atoms with E-state index >= 15 is 0 Å². The van der Waals surface area contributed by atoms with Crippen LogP contribution in [0.5, 0.6) is 5.75 Å². The number of aliphatic hydroxyl groups excluding tert-OH is 1. The second kappa shape index (κ2) is 14.2. The largest absolute Gasteiger partial charge is 0.497 e. The molecule has 1 N–H and O–H groups in total. The van der Waals surface area contributed by atoms with Gasteiger partial charge in [-0.2, -0.15) is 0 Å². The fraction of sp³-hybridized carbons (Fsp3) is 0.414. The summed E-state index contributed by atoms with van der Waals surface area (Å²) in [7, 11) is 4.88. The minimum Gasteiger partial charge on any atom is -0.497 e. The monoisotopic (exact) mass is 602 g/mol. The van der Waals surface area contributed by atoms with Crippen molar-refractivity contribution in [2.45, 2.75) is 25.6 Å². The molecule has 13 heteroatoms. The third kappa shape index (κ3) is 7.91. The van der Waals surface area contributed by atoms with Crippen LogP contribution in [0, 0.1) is 0 Å². The van der Waals surface area contributed by atoms with Crippen molar-refractivity contribution < 1.29 is 37.7 Å². The Labute approximate surface area is 246 Å². The smallest absolute Gasteiger partial charge is 0.444 e. The van der Waals surface area contributed by atoms with Crippen LogP contribution >= 0.6 is 7.75 Å². The normalized spacial score (nSPS) is 17.3. The minimum absolute atomic E-state index is 0.403. The molecule has 12 nitrogen and oxygen atoms in total. The molecule has 0 saturated heterocycles. The van der Waals surface area contributed by atoms with Crippen molar-refractivity contribution in [1.82, 2.24) is 19.0 Å². The van der Waals surface area contributed by atoms with Crippen LogP contribution in [0.1, 0.15) is 18.4 Å². The van der Waals surface area contributed by atoms with E-state index in [4.69, 9.17) is 23.3 Å². The molecule has 2 aromatic rings. The molecule has 0 saturated carbocycles. The van der Waals surface area contributed by atoms with Crippen molar-refractivity contribution >= 4 is 24.6 Å². The van der Waals surface area contributed by atoms with Gasteiger partial charge in [0.25, 0.3) is 0 Å². The van der Waals surface area contributed by atoms with Gasteiger partial charge >= 0.3 is 13.7 Å². The number of aromatic nitrogens is 1. The number of allylic oxidation sites excluding steroid dienone is 2. The molecule has 3 heterocycles. The lowest BCUT2D eigenvalue weighted by Crippen LogP contribution is -2.21. The highest BCUT2D eigenvalue weighted by Gasteiger charge is 2.32. The number of benzene rings is 1. The third-order valence-corrected chi connectivity index (χ3v) is 8.42. The first kappa shape index (κ1) is 31.6. The molecular weight excluding hydrogens is 563 g/mol. The van der Waals surface area contributed by atoms with E-state index in [0.29, 0.717) is 41.7 Å². The van der Waals surface area contributed by atoms with Gasteiger partial charge in [0.2, 0.25) is 6.79 Å². The second-order valence-corrected chi connectivity index (χ2v) is 12.1. The Kier molecular flexibility index (Phi) is 10.7. The number of rotatable bonds is 14. The van der Waals surface area contributed by atoms with Gasteiger partial charge in [0.05, 0.1) is 18.2 Å². The predicted octanol–water partition coefficient (Wildman–Crippen LogP) is 4.00. The molecule has 0 radical (unpaired) electrons. The summed E-state index contributed by atoms with van der Waals surface area (Å²) in [4.78, 5) is 18.2. The highest BCUT2D eigenvalue weighted by Crippen LogP contribution is 2.53. The molecule has 228 valence electrons. The SMILES string of the molecule is COc1ccc2c(CCN(C)C)cn(P(=O)(OCOC(=O)C3=CN(C)C=CC3)OCOC(O)C3=CN(C)C=CC3)c2c1. The second-order valence-electron chi connectivity index (χ2n) is 10.2. The van der Waals surface area contributed by atoms with E-state index in [1.165, 1.54) is 4.34 Å². The number of esters is 1. The lowest BCUT2D eigenvalue weighted by molar-refractivity contribution is -0.147. The molecule has 0 aliphatic carbocycles. The highest BCUT2D eigenvalue weighted by molar-refractivity contribution is 7.52. The van der Waals surface area contributed by atoms with Gasteiger partial charge < -0.3 is 34.0 Å². The zero-order valence-electron chi connectivity index (χ0n) is 24.6. The topological polar surface area (TPSA) is 115 Å². The summed E-state index contributed by atoms with van der Waals surface area (Å²) in [6.45, 7) is -0.449. The van der Waals surface area contributed by atoms with Gasteiger partial charge in [-0.05, 0) is 57.0 Å². The summed E-state index contributed by atoms with van der Waals surface area (Å²) in [6.07, 6.45) is 12.8.